The minimum absolute atomic E-state index is 0.177. The second-order valence-electron chi connectivity index (χ2n) is 12.4. The average Bonchev–Trinajstić information content (AvgIpc) is 3.04. The molecule has 0 unspecified atom stereocenters. The van der Waals surface area contributed by atoms with Crippen LogP contribution in [0.1, 0.15) is 105 Å². The van der Waals surface area contributed by atoms with Crippen LogP contribution < -0.4 is 0 Å². The molecule has 2 nitrogen and oxygen atoms in total. The maximum absolute atomic E-state index is 11.1. The Morgan fingerprint density at radius 3 is 2.41 bits per heavy atom. The molecule has 4 rings (SSSR count). The Labute approximate surface area is 180 Å². The molecule has 0 aromatic heterocycles. The van der Waals surface area contributed by atoms with E-state index in [1.54, 1.807) is 0 Å². The lowest BCUT2D eigenvalue weighted by atomic mass is 9.43. The van der Waals surface area contributed by atoms with Crippen molar-refractivity contribution < 1.29 is 10.2 Å². The number of aliphatic hydroxyl groups excluding tert-OH is 2. The van der Waals surface area contributed by atoms with Crippen LogP contribution in [0.25, 0.3) is 0 Å². The summed E-state index contributed by atoms with van der Waals surface area (Å²) >= 11 is 0. The zero-order valence-electron chi connectivity index (χ0n) is 19.7. The number of fused-ring (bicyclic) bond motifs is 5. The SMILES string of the molecule is CC(C)CCC[C@@H](C)[C@H]1CC[C@H]2[C@@H]3CC[C@H]4CCC[C@H](O)[C@]4(CO)[C@H]3CC[C@]12C. The van der Waals surface area contributed by atoms with Crippen LogP contribution in [0.5, 0.6) is 0 Å². The number of rotatable bonds is 6. The molecule has 29 heavy (non-hydrogen) atoms. The highest BCUT2D eigenvalue weighted by atomic mass is 16.3. The van der Waals surface area contributed by atoms with Crippen LogP contribution in [-0.2, 0) is 0 Å². The predicted octanol–water partition coefficient (Wildman–Crippen LogP) is 6.44. The first-order valence-corrected chi connectivity index (χ1v) is 13.1. The molecule has 0 aromatic carbocycles. The zero-order chi connectivity index (χ0) is 20.8. The van der Waals surface area contributed by atoms with Crippen LogP contribution in [0, 0.1) is 52.3 Å². The van der Waals surface area contributed by atoms with Crippen LogP contribution in [0.3, 0.4) is 0 Å². The quantitative estimate of drug-likeness (QED) is 0.534. The summed E-state index contributed by atoms with van der Waals surface area (Å²) in [4.78, 5) is 0. The van der Waals surface area contributed by atoms with Crippen molar-refractivity contribution in [3.05, 3.63) is 0 Å². The summed E-state index contributed by atoms with van der Waals surface area (Å²) < 4.78 is 0. The van der Waals surface area contributed by atoms with Crippen molar-refractivity contribution in [1.29, 1.82) is 0 Å². The standard InChI is InChI=1S/C27H48O2/c1-18(2)7-5-8-19(3)22-13-14-23-21-12-11-20-9-6-10-25(29)27(20,17-28)24(21)15-16-26(22,23)4/h18-25,28-29H,5-17H2,1-4H3/t19-,20-,21+,22-,23+,24+,25+,26-,27+/m1/s1. The molecule has 4 aliphatic carbocycles. The van der Waals surface area contributed by atoms with E-state index in [0.29, 0.717) is 17.3 Å². The lowest BCUT2D eigenvalue weighted by Crippen LogP contribution is -2.60. The molecule has 2 N–H and O–H groups in total. The summed E-state index contributed by atoms with van der Waals surface area (Å²) in [5.74, 6) is 5.28. The minimum Gasteiger partial charge on any atom is -0.396 e. The van der Waals surface area contributed by atoms with Gasteiger partial charge in [0.05, 0.1) is 12.7 Å². The van der Waals surface area contributed by atoms with Gasteiger partial charge in [0.15, 0.2) is 0 Å². The normalized spacial score (nSPS) is 48.1. The summed E-state index contributed by atoms with van der Waals surface area (Å²) in [6.45, 7) is 10.1. The fourth-order valence-electron chi connectivity index (χ4n) is 9.46. The van der Waals surface area contributed by atoms with Crippen molar-refractivity contribution in [3.8, 4) is 0 Å². The maximum atomic E-state index is 11.1. The van der Waals surface area contributed by atoms with E-state index in [9.17, 15) is 10.2 Å². The van der Waals surface area contributed by atoms with Crippen molar-refractivity contribution in [2.45, 2.75) is 111 Å². The van der Waals surface area contributed by atoms with Crippen molar-refractivity contribution in [2.24, 2.45) is 52.3 Å². The van der Waals surface area contributed by atoms with Gasteiger partial charge in [-0.2, -0.15) is 0 Å². The predicted molar refractivity (Wildman–Crippen MR) is 120 cm³/mol. The highest BCUT2D eigenvalue weighted by Crippen LogP contribution is 2.68. The van der Waals surface area contributed by atoms with Crippen molar-refractivity contribution in [2.75, 3.05) is 6.61 Å². The Kier molecular flexibility index (Phi) is 6.45. The van der Waals surface area contributed by atoms with Gasteiger partial charge in [0.2, 0.25) is 0 Å². The van der Waals surface area contributed by atoms with E-state index in [-0.39, 0.29) is 18.1 Å². The van der Waals surface area contributed by atoms with Gasteiger partial charge in [-0.1, -0.05) is 53.4 Å². The van der Waals surface area contributed by atoms with Gasteiger partial charge < -0.3 is 10.2 Å². The molecule has 9 atom stereocenters. The number of hydrogen-bond acceptors (Lipinski definition) is 2. The largest absolute Gasteiger partial charge is 0.396 e. The molecule has 0 radical (unpaired) electrons. The van der Waals surface area contributed by atoms with E-state index in [1.165, 1.54) is 64.2 Å². The van der Waals surface area contributed by atoms with Gasteiger partial charge in [0.25, 0.3) is 0 Å². The summed E-state index contributed by atoms with van der Waals surface area (Å²) in [7, 11) is 0. The minimum atomic E-state index is -0.268. The fraction of sp³-hybridized carbons (Fsp3) is 1.00. The van der Waals surface area contributed by atoms with Gasteiger partial charge in [-0.05, 0) is 98.2 Å². The molecule has 0 spiro atoms. The van der Waals surface area contributed by atoms with E-state index < -0.39 is 0 Å². The number of aliphatic hydroxyl groups is 2. The van der Waals surface area contributed by atoms with E-state index >= 15 is 0 Å². The second kappa shape index (κ2) is 8.45. The third-order valence-corrected chi connectivity index (χ3v) is 10.9. The van der Waals surface area contributed by atoms with E-state index in [2.05, 4.69) is 27.7 Å². The third kappa shape index (κ3) is 3.53. The van der Waals surface area contributed by atoms with Gasteiger partial charge >= 0.3 is 0 Å². The van der Waals surface area contributed by atoms with Crippen LogP contribution in [-0.4, -0.2) is 22.9 Å². The van der Waals surface area contributed by atoms with Crippen molar-refractivity contribution in [1.82, 2.24) is 0 Å². The summed E-state index contributed by atoms with van der Waals surface area (Å²) in [6, 6.07) is 0. The molecule has 0 aromatic rings. The highest BCUT2D eigenvalue weighted by molar-refractivity contribution is 5.12. The summed E-state index contributed by atoms with van der Waals surface area (Å²) in [5, 5.41) is 21.7. The molecule has 168 valence electrons. The Bertz CT molecular complexity index is 559. The monoisotopic (exact) mass is 404 g/mol. The summed E-state index contributed by atoms with van der Waals surface area (Å²) in [5.41, 5.74) is 0.324. The van der Waals surface area contributed by atoms with Crippen molar-refractivity contribution in [3.63, 3.8) is 0 Å². The molecule has 4 aliphatic rings. The molecular weight excluding hydrogens is 356 g/mol. The van der Waals surface area contributed by atoms with Gasteiger partial charge in [-0.25, -0.2) is 0 Å². The average molecular weight is 405 g/mol. The Balaban J connectivity index is 1.51. The molecular formula is C27H48O2. The van der Waals surface area contributed by atoms with E-state index in [1.807, 2.05) is 0 Å². The van der Waals surface area contributed by atoms with Crippen molar-refractivity contribution >= 4 is 0 Å². The third-order valence-electron chi connectivity index (χ3n) is 10.9. The Morgan fingerprint density at radius 1 is 0.897 bits per heavy atom. The topological polar surface area (TPSA) is 40.5 Å². The highest BCUT2D eigenvalue weighted by Gasteiger charge is 2.63. The molecule has 4 fully saturated rings. The Hall–Kier alpha value is -0.0800. The van der Waals surface area contributed by atoms with Gasteiger partial charge in [-0.15, -0.1) is 0 Å². The van der Waals surface area contributed by atoms with Gasteiger partial charge in [0, 0.05) is 5.41 Å². The molecule has 0 aliphatic heterocycles. The van der Waals surface area contributed by atoms with Crippen LogP contribution >= 0.6 is 0 Å². The first-order chi connectivity index (χ1) is 13.8. The Morgan fingerprint density at radius 2 is 1.69 bits per heavy atom. The summed E-state index contributed by atoms with van der Waals surface area (Å²) in [6.07, 6.45) is 15.2. The van der Waals surface area contributed by atoms with Crippen LogP contribution in [0.2, 0.25) is 0 Å². The van der Waals surface area contributed by atoms with Crippen LogP contribution in [0.15, 0.2) is 0 Å². The molecule has 0 bridgehead atoms. The molecule has 0 heterocycles. The van der Waals surface area contributed by atoms with Gasteiger partial charge in [0.1, 0.15) is 0 Å². The maximum Gasteiger partial charge on any atom is 0.0623 e. The number of hydrogen-bond donors (Lipinski definition) is 2. The second-order valence-corrected chi connectivity index (χ2v) is 12.4. The molecule has 2 heteroatoms. The van der Waals surface area contributed by atoms with E-state index in [0.717, 1.165) is 42.4 Å². The zero-order valence-corrected chi connectivity index (χ0v) is 19.7. The lowest BCUT2D eigenvalue weighted by molar-refractivity contribution is -0.191. The van der Waals surface area contributed by atoms with Crippen LogP contribution in [0.4, 0.5) is 0 Å². The van der Waals surface area contributed by atoms with Gasteiger partial charge in [-0.3, -0.25) is 0 Å². The molecule has 0 saturated heterocycles. The molecule has 0 amide bonds. The fourth-order valence-corrected chi connectivity index (χ4v) is 9.46. The molecule has 4 saturated carbocycles. The first kappa shape index (κ1) is 22.1. The van der Waals surface area contributed by atoms with E-state index in [4.69, 9.17) is 0 Å². The lowest BCUT2D eigenvalue weighted by Gasteiger charge is -2.62. The first-order valence-electron chi connectivity index (χ1n) is 13.1. The smallest absolute Gasteiger partial charge is 0.0623 e.